The molecule has 10 rings (SSSR count). The van der Waals surface area contributed by atoms with Gasteiger partial charge in [-0.05, 0) is 116 Å². The van der Waals surface area contributed by atoms with Gasteiger partial charge in [0.2, 0.25) is 0 Å². The molecule has 0 amide bonds. The van der Waals surface area contributed by atoms with Gasteiger partial charge in [-0.3, -0.25) is 4.90 Å². The first-order chi connectivity index (χ1) is 28.6. The summed E-state index contributed by atoms with van der Waals surface area (Å²) in [5.41, 5.74) is 18.4. The Morgan fingerprint density at radius 1 is 0.350 bits per heavy atom. The largest absolute Gasteiger partial charge is 0.306 e. The number of thiophene rings is 1. The molecule has 0 spiro atoms. The highest BCUT2D eigenvalue weighted by Gasteiger charge is 2.41. The maximum absolute atomic E-state index is 2.56. The number of benzene rings is 7. The molecule has 60 heavy (non-hydrogen) atoms. The van der Waals surface area contributed by atoms with E-state index < -0.39 is 0 Å². The van der Waals surface area contributed by atoms with Gasteiger partial charge < -0.3 is 9.80 Å². The lowest BCUT2D eigenvalue weighted by molar-refractivity contribution is 0.590. The van der Waals surface area contributed by atoms with Gasteiger partial charge in [-0.1, -0.05) is 159 Å². The first-order valence-corrected chi connectivity index (χ1v) is 22.1. The van der Waals surface area contributed by atoms with E-state index in [9.17, 15) is 0 Å². The molecule has 0 bridgehead atoms. The standard InChI is InChI=1S/C56H53N3S/c1-54(2,3)40-26-21-36(22-27-40)38-15-13-18-44(33-38)58-48-20-14-19-47-52(48)59(53-51(58)45-35-42(56(7,8)9)30-32-50(45)60-53)46-31-25-39(37-23-28-41(29-24-37)55(4,5)6)34-49(46)57(47)43-16-11-10-12-17-43/h10-35H,1-9H3. The monoisotopic (exact) mass is 799 g/mol. The summed E-state index contributed by atoms with van der Waals surface area (Å²) in [7, 11) is 0. The number of nitrogens with zero attached hydrogens (tertiary/aromatic N) is 3. The average molecular weight is 800 g/mol. The zero-order valence-electron chi connectivity index (χ0n) is 36.3. The average Bonchev–Trinajstić information content (AvgIpc) is 3.61. The van der Waals surface area contributed by atoms with Crippen LogP contribution in [-0.2, 0) is 16.2 Å². The molecule has 0 unspecified atom stereocenters. The van der Waals surface area contributed by atoms with Gasteiger partial charge in [-0.15, -0.1) is 11.3 Å². The van der Waals surface area contributed by atoms with Crippen molar-refractivity contribution in [3.05, 3.63) is 174 Å². The predicted molar refractivity (Wildman–Crippen MR) is 260 cm³/mol. The zero-order valence-corrected chi connectivity index (χ0v) is 37.1. The van der Waals surface area contributed by atoms with E-state index in [0.29, 0.717) is 0 Å². The highest BCUT2D eigenvalue weighted by atomic mass is 32.1. The van der Waals surface area contributed by atoms with Crippen LogP contribution in [0.25, 0.3) is 32.3 Å². The molecule has 0 atom stereocenters. The summed E-state index contributed by atoms with van der Waals surface area (Å²) in [4.78, 5) is 7.58. The van der Waals surface area contributed by atoms with Crippen molar-refractivity contribution in [2.24, 2.45) is 0 Å². The third-order valence-electron chi connectivity index (χ3n) is 12.4. The lowest BCUT2D eigenvalue weighted by Crippen LogP contribution is -2.29. The highest BCUT2D eigenvalue weighted by Crippen LogP contribution is 2.66. The van der Waals surface area contributed by atoms with E-state index in [1.807, 2.05) is 11.3 Å². The highest BCUT2D eigenvalue weighted by molar-refractivity contribution is 7.24. The number of fused-ring (bicyclic) bond motifs is 6. The number of para-hydroxylation sites is 2. The van der Waals surface area contributed by atoms with Crippen LogP contribution in [0.2, 0.25) is 0 Å². The summed E-state index contributed by atoms with van der Waals surface area (Å²) in [6, 6.07) is 59.3. The van der Waals surface area contributed by atoms with Crippen molar-refractivity contribution in [3.63, 3.8) is 0 Å². The Morgan fingerprint density at radius 3 is 1.50 bits per heavy atom. The van der Waals surface area contributed by atoms with Crippen molar-refractivity contribution >= 4 is 71.9 Å². The molecule has 0 radical (unpaired) electrons. The van der Waals surface area contributed by atoms with Crippen LogP contribution in [0.4, 0.5) is 50.5 Å². The lowest BCUT2D eigenvalue weighted by Gasteiger charge is -2.46. The quantitative estimate of drug-likeness (QED) is 0.176. The van der Waals surface area contributed by atoms with Crippen LogP contribution >= 0.6 is 11.3 Å². The molecular weight excluding hydrogens is 747 g/mol. The Bertz CT molecular complexity index is 2920. The molecule has 0 saturated heterocycles. The number of rotatable bonds is 4. The minimum Gasteiger partial charge on any atom is -0.306 e. The van der Waals surface area contributed by atoms with Gasteiger partial charge >= 0.3 is 0 Å². The fourth-order valence-electron chi connectivity index (χ4n) is 8.94. The second kappa shape index (κ2) is 13.7. The maximum atomic E-state index is 2.56. The van der Waals surface area contributed by atoms with E-state index >= 15 is 0 Å². The molecule has 7 aromatic carbocycles. The minimum absolute atomic E-state index is 0.00209. The summed E-state index contributed by atoms with van der Waals surface area (Å²) in [5.74, 6) is 0. The Kier molecular flexibility index (Phi) is 8.72. The summed E-state index contributed by atoms with van der Waals surface area (Å²) in [6.07, 6.45) is 0. The molecule has 2 aliphatic rings. The van der Waals surface area contributed by atoms with Crippen molar-refractivity contribution in [2.75, 3.05) is 14.7 Å². The van der Waals surface area contributed by atoms with E-state index in [2.05, 4.69) is 235 Å². The Morgan fingerprint density at radius 2 is 0.883 bits per heavy atom. The minimum atomic E-state index is 0.00209. The van der Waals surface area contributed by atoms with Crippen LogP contribution in [0.3, 0.4) is 0 Å². The molecule has 0 N–H and O–H groups in total. The molecule has 0 fully saturated rings. The van der Waals surface area contributed by atoms with Crippen molar-refractivity contribution in [2.45, 2.75) is 78.6 Å². The van der Waals surface area contributed by atoms with E-state index in [-0.39, 0.29) is 16.2 Å². The van der Waals surface area contributed by atoms with Gasteiger partial charge in [0, 0.05) is 21.5 Å². The van der Waals surface area contributed by atoms with E-state index in [4.69, 9.17) is 0 Å². The number of anilines is 9. The summed E-state index contributed by atoms with van der Waals surface area (Å²) in [6.45, 7) is 20.6. The lowest BCUT2D eigenvalue weighted by atomic mass is 9.86. The van der Waals surface area contributed by atoms with Crippen molar-refractivity contribution in [3.8, 4) is 22.3 Å². The first-order valence-electron chi connectivity index (χ1n) is 21.3. The molecule has 4 heteroatoms. The molecule has 1 aromatic heterocycles. The maximum Gasteiger partial charge on any atom is 0.126 e. The van der Waals surface area contributed by atoms with Gasteiger partial charge in [-0.25, -0.2) is 0 Å². The molecular formula is C56H53N3S. The van der Waals surface area contributed by atoms with Crippen LogP contribution < -0.4 is 14.7 Å². The van der Waals surface area contributed by atoms with Gasteiger partial charge in [0.15, 0.2) is 0 Å². The van der Waals surface area contributed by atoms with Crippen LogP contribution in [0.5, 0.6) is 0 Å². The summed E-state index contributed by atoms with van der Waals surface area (Å²) >= 11 is 1.89. The number of hydrogen-bond acceptors (Lipinski definition) is 4. The SMILES string of the molecule is CC(C)(C)c1ccc(-c2cccc(N3c4cccc5c4N(c4ccc(-c6ccc(C(C)(C)C)cc6)cc4N5c4ccccc4)c4sc5ccc(C(C)(C)C)cc5c43)c2)cc1. The Hall–Kier alpha value is -6.10. The molecule has 3 nitrogen and oxygen atoms in total. The van der Waals surface area contributed by atoms with Crippen LogP contribution in [-0.4, -0.2) is 0 Å². The topological polar surface area (TPSA) is 9.72 Å². The summed E-state index contributed by atoms with van der Waals surface area (Å²) in [5, 5.41) is 2.51. The smallest absolute Gasteiger partial charge is 0.126 e. The molecule has 3 heterocycles. The second-order valence-corrected chi connectivity index (χ2v) is 20.6. The van der Waals surface area contributed by atoms with Crippen molar-refractivity contribution < 1.29 is 0 Å². The van der Waals surface area contributed by atoms with Gasteiger partial charge in [-0.2, -0.15) is 0 Å². The van der Waals surface area contributed by atoms with Gasteiger partial charge in [0.25, 0.3) is 0 Å². The third-order valence-corrected chi connectivity index (χ3v) is 13.5. The van der Waals surface area contributed by atoms with E-state index in [1.165, 1.54) is 71.1 Å². The molecule has 0 aliphatic carbocycles. The Balaban J connectivity index is 1.22. The van der Waals surface area contributed by atoms with Crippen molar-refractivity contribution in [1.29, 1.82) is 0 Å². The fraction of sp³-hybridized carbons (Fsp3) is 0.214. The summed E-state index contributed by atoms with van der Waals surface area (Å²) < 4.78 is 1.28. The van der Waals surface area contributed by atoms with Gasteiger partial charge in [0.1, 0.15) is 5.00 Å². The Labute approximate surface area is 360 Å². The van der Waals surface area contributed by atoms with E-state index in [1.54, 1.807) is 0 Å². The normalized spacial score (nSPS) is 13.7. The van der Waals surface area contributed by atoms with Crippen LogP contribution in [0.15, 0.2) is 158 Å². The van der Waals surface area contributed by atoms with E-state index in [0.717, 1.165) is 28.4 Å². The van der Waals surface area contributed by atoms with Crippen LogP contribution in [0.1, 0.15) is 79.0 Å². The van der Waals surface area contributed by atoms with Crippen LogP contribution in [0, 0.1) is 0 Å². The first kappa shape index (κ1) is 38.1. The third kappa shape index (κ3) is 6.32. The number of hydrogen-bond donors (Lipinski definition) is 0. The zero-order chi connectivity index (χ0) is 41.7. The second-order valence-electron chi connectivity index (χ2n) is 19.6. The molecule has 8 aromatic rings. The molecule has 298 valence electrons. The fourth-order valence-corrected chi connectivity index (χ4v) is 10.1. The van der Waals surface area contributed by atoms with Crippen molar-refractivity contribution in [1.82, 2.24) is 0 Å². The van der Waals surface area contributed by atoms with Gasteiger partial charge in [0.05, 0.1) is 34.1 Å². The molecule has 0 saturated carbocycles. The molecule has 2 aliphatic heterocycles. The predicted octanol–water partition coefficient (Wildman–Crippen LogP) is 17.2.